The Kier molecular flexibility index (Phi) is 5.32. The maximum atomic E-state index is 2.82. The third kappa shape index (κ3) is 3.71. The van der Waals surface area contributed by atoms with Crippen LogP contribution in [0.25, 0.3) is 0 Å². The molecule has 0 radical (unpaired) electrons. The number of anilines is 1. The van der Waals surface area contributed by atoms with Crippen LogP contribution in [0.5, 0.6) is 0 Å². The van der Waals surface area contributed by atoms with E-state index in [1.807, 2.05) is 0 Å². The first-order valence-corrected chi connectivity index (χ1v) is 10.3. The van der Waals surface area contributed by atoms with Crippen LogP contribution in [0.4, 0.5) is 5.69 Å². The standard InChI is InChI=1S/C14H25NSi2/c16-11-12-17-15(13-7-3-1-4-8-13)14-9-5-2-6-10-14/h1,3-4,7-8,14H,2,5-6,9-12,17H2,16H3. The molecule has 0 unspecified atom stereocenters. The van der Waals surface area contributed by atoms with Crippen molar-refractivity contribution in [3.63, 3.8) is 0 Å². The van der Waals surface area contributed by atoms with Gasteiger partial charge in [0, 0.05) is 22.0 Å². The summed E-state index contributed by atoms with van der Waals surface area (Å²) in [6.07, 6.45) is 7.22. The fraction of sp³-hybridized carbons (Fsp3) is 0.571. The molecule has 1 fully saturated rings. The Morgan fingerprint density at radius 3 is 2.47 bits per heavy atom. The van der Waals surface area contributed by atoms with Crippen molar-refractivity contribution in [3.8, 4) is 0 Å². The van der Waals surface area contributed by atoms with Crippen LogP contribution in [-0.2, 0) is 0 Å². The zero-order chi connectivity index (χ0) is 11.9. The minimum absolute atomic E-state index is 0.0498. The average Bonchev–Trinajstić information content (AvgIpc) is 2.42. The molecular formula is C14H25NSi2. The van der Waals surface area contributed by atoms with E-state index in [1.165, 1.54) is 60.1 Å². The summed E-state index contributed by atoms with van der Waals surface area (Å²) in [5.41, 5.74) is 1.50. The number of rotatable bonds is 5. The molecule has 0 aromatic heterocycles. The van der Waals surface area contributed by atoms with Crippen LogP contribution in [0, 0.1) is 0 Å². The zero-order valence-electron chi connectivity index (χ0n) is 11.1. The molecule has 0 aliphatic heterocycles. The van der Waals surface area contributed by atoms with E-state index < -0.39 is 0 Å². The molecule has 1 aliphatic rings. The number of hydrogen-bond acceptors (Lipinski definition) is 1. The zero-order valence-corrected chi connectivity index (χ0v) is 14.5. The van der Waals surface area contributed by atoms with E-state index in [2.05, 4.69) is 34.9 Å². The van der Waals surface area contributed by atoms with Gasteiger partial charge in [-0.2, -0.15) is 0 Å². The predicted molar refractivity (Wildman–Crippen MR) is 83.9 cm³/mol. The lowest BCUT2D eigenvalue weighted by molar-refractivity contribution is 0.443. The molecular weight excluding hydrogens is 238 g/mol. The molecule has 0 atom stereocenters. The first-order chi connectivity index (χ1) is 8.42. The van der Waals surface area contributed by atoms with Gasteiger partial charge < -0.3 is 4.57 Å². The number of benzene rings is 1. The molecule has 1 aliphatic carbocycles. The van der Waals surface area contributed by atoms with Crippen LogP contribution >= 0.6 is 0 Å². The number of nitrogens with zero attached hydrogens (tertiary/aromatic N) is 1. The Bertz CT molecular complexity index is 309. The predicted octanol–water partition coefficient (Wildman–Crippen LogP) is 2.11. The molecule has 0 N–H and O–H groups in total. The second-order valence-corrected chi connectivity index (χ2v) is 8.01. The van der Waals surface area contributed by atoms with Gasteiger partial charge in [-0.1, -0.05) is 43.5 Å². The van der Waals surface area contributed by atoms with Crippen molar-refractivity contribution < 1.29 is 0 Å². The summed E-state index contributed by atoms with van der Waals surface area (Å²) >= 11 is 0. The molecule has 0 spiro atoms. The molecule has 1 nitrogen and oxygen atoms in total. The summed E-state index contributed by atoms with van der Waals surface area (Å²) in [6.45, 7) is 0. The minimum Gasteiger partial charge on any atom is -0.401 e. The third-order valence-electron chi connectivity index (χ3n) is 3.86. The molecule has 1 saturated carbocycles. The largest absolute Gasteiger partial charge is 0.401 e. The van der Waals surface area contributed by atoms with Gasteiger partial charge in [0.15, 0.2) is 0 Å². The molecule has 0 saturated heterocycles. The fourth-order valence-electron chi connectivity index (χ4n) is 2.86. The molecule has 2 rings (SSSR count). The monoisotopic (exact) mass is 263 g/mol. The van der Waals surface area contributed by atoms with Crippen molar-refractivity contribution in [2.45, 2.75) is 50.2 Å². The van der Waals surface area contributed by atoms with Crippen molar-refractivity contribution >= 4 is 25.6 Å². The fourth-order valence-corrected chi connectivity index (χ4v) is 5.67. The van der Waals surface area contributed by atoms with Crippen LogP contribution in [0.2, 0.25) is 12.1 Å². The van der Waals surface area contributed by atoms with E-state index in [0.29, 0.717) is 0 Å². The van der Waals surface area contributed by atoms with Crippen molar-refractivity contribution in [1.82, 2.24) is 0 Å². The van der Waals surface area contributed by atoms with Crippen molar-refractivity contribution in [3.05, 3.63) is 30.3 Å². The van der Waals surface area contributed by atoms with Gasteiger partial charge in [-0.25, -0.2) is 0 Å². The lowest BCUT2D eigenvalue weighted by Gasteiger charge is -2.36. The topological polar surface area (TPSA) is 3.24 Å². The minimum atomic E-state index is -0.0498. The van der Waals surface area contributed by atoms with E-state index in [9.17, 15) is 0 Å². The molecule has 1 aromatic carbocycles. The van der Waals surface area contributed by atoms with Crippen LogP contribution in [0.3, 0.4) is 0 Å². The van der Waals surface area contributed by atoms with Gasteiger partial charge in [-0.3, -0.25) is 0 Å². The summed E-state index contributed by atoms with van der Waals surface area (Å²) in [5.74, 6) is 0. The maximum absolute atomic E-state index is 2.82. The van der Waals surface area contributed by atoms with E-state index in [-0.39, 0.29) is 9.68 Å². The second-order valence-electron chi connectivity index (χ2n) is 5.17. The van der Waals surface area contributed by atoms with E-state index in [1.54, 1.807) is 0 Å². The van der Waals surface area contributed by atoms with Crippen LogP contribution in [0.1, 0.15) is 32.1 Å². The molecule has 0 amide bonds. The lowest BCUT2D eigenvalue weighted by atomic mass is 9.95. The highest BCUT2D eigenvalue weighted by Crippen LogP contribution is 2.26. The molecule has 3 heteroatoms. The quantitative estimate of drug-likeness (QED) is 0.736. The molecule has 94 valence electrons. The Labute approximate surface area is 111 Å². The summed E-state index contributed by atoms with van der Waals surface area (Å²) in [5, 5.41) is 0. The average molecular weight is 264 g/mol. The Morgan fingerprint density at radius 2 is 1.82 bits per heavy atom. The lowest BCUT2D eigenvalue weighted by Crippen LogP contribution is -2.39. The molecule has 0 heterocycles. The highest BCUT2D eigenvalue weighted by atomic mass is 28.2. The normalized spacial score (nSPS) is 17.9. The van der Waals surface area contributed by atoms with Crippen molar-refractivity contribution in [2.75, 3.05) is 4.57 Å². The van der Waals surface area contributed by atoms with Crippen molar-refractivity contribution in [1.29, 1.82) is 0 Å². The van der Waals surface area contributed by atoms with Gasteiger partial charge >= 0.3 is 0 Å². The molecule has 0 bridgehead atoms. The van der Waals surface area contributed by atoms with Gasteiger partial charge in [0.1, 0.15) is 9.68 Å². The van der Waals surface area contributed by atoms with E-state index in [4.69, 9.17) is 0 Å². The first kappa shape index (κ1) is 12.9. The van der Waals surface area contributed by atoms with Gasteiger partial charge in [0.25, 0.3) is 0 Å². The Morgan fingerprint density at radius 1 is 1.12 bits per heavy atom. The number of para-hydroxylation sites is 1. The summed E-state index contributed by atoms with van der Waals surface area (Å²) in [7, 11) is 1.33. The van der Waals surface area contributed by atoms with Gasteiger partial charge in [0.05, 0.1) is 0 Å². The van der Waals surface area contributed by atoms with Gasteiger partial charge in [-0.05, 0) is 31.0 Å². The third-order valence-corrected chi connectivity index (χ3v) is 8.36. The van der Waals surface area contributed by atoms with Gasteiger partial charge in [0.2, 0.25) is 0 Å². The summed E-state index contributed by atoms with van der Waals surface area (Å²) in [6, 6.07) is 15.0. The highest BCUT2D eigenvalue weighted by Gasteiger charge is 2.20. The maximum Gasteiger partial charge on any atom is 0.124 e. The van der Waals surface area contributed by atoms with E-state index >= 15 is 0 Å². The highest BCUT2D eigenvalue weighted by molar-refractivity contribution is 6.42. The summed E-state index contributed by atoms with van der Waals surface area (Å²) in [4.78, 5) is 0. The molecule has 17 heavy (non-hydrogen) atoms. The Balaban J connectivity index is 2.06. The molecule has 1 aromatic rings. The van der Waals surface area contributed by atoms with Crippen molar-refractivity contribution in [2.24, 2.45) is 0 Å². The smallest absolute Gasteiger partial charge is 0.124 e. The second kappa shape index (κ2) is 7.01. The van der Waals surface area contributed by atoms with Crippen LogP contribution < -0.4 is 4.57 Å². The van der Waals surface area contributed by atoms with E-state index in [0.717, 1.165) is 6.04 Å². The number of hydrogen-bond donors (Lipinski definition) is 0. The van der Waals surface area contributed by atoms with Crippen LogP contribution in [0.15, 0.2) is 30.3 Å². The first-order valence-electron chi connectivity index (χ1n) is 7.23. The van der Waals surface area contributed by atoms with Crippen LogP contribution in [-0.4, -0.2) is 26.0 Å². The van der Waals surface area contributed by atoms with Gasteiger partial charge in [-0.15, -0.1) is 0 Å². The SMILES string of the molecule is [SiH3]CC[SiH2]N(c1ccccc1)C1CCCCC1. The summed E-state index contributed by atoms with van der Waals surface area (Å²) < 4.78 is 2.82. The Hall–Kier alpha value is -0.546.